The van der Waals surface area contributed by atoms with Gasteiger partial charge in [-0.05, 0) is 61.6 Å². The molecular weight excluding hydrogens is 404 g/mol. The third kappa shape index (κ3) is 5.34. The van der Waals surface area contributed by atoms with E-state index in [1.807, 2.05) is 0 Å². The van der Waals surface area contributed by atoms with Crippen molar-refractivity contribution in [2.45, 2.75) is 57.0 Å². The molecule has 0 unspecified atom stereocenters. The number of sulfonamides is 1. The van der Waals surface area contributed by atoms with Crippen molar-refractivity contribution in [2.75, 3.05) is 26.7 Å². The first-order chi connectivity index (χ1) is 14.2. The highest BCUT2D eigenvalue weighted by atomic mass is 32.2. The molecule has 30 heavy (non-hydrogen) atoms. The number of carbonyl (C=O) groups is 1. The zero-order valence-electron chi connectivity index (χ0n) is 18.1. The minimum Gasteiger partial charge on any atom is -0.495 e. The second-order valence-electron chi connectivity index (χ2n) is 9.03. The van der Waals surface area contributed by atoms with Crippen LogP contribution in [-0.2, 0) is 10.0 Å². The van der Waals surface area contributed by atoms with Gasteiger partial charge >= 0.3 is 0 Å². The van der Waals surface area contributed by atoms with Crippen LogP contribution in [0.1, 0.15) is 56.3 Å². The van der Waals surface area contributed by atoms with Crippen LogP contribution >= 0.6 is 0 Å². The van der Waals surface area contributed by atoms with E-state index in [-0.39, 0.29) is 40.4 Å². The monoisotopic (exact) mass is 438 g/mol. The third-order valence-corrected chi connectivity index (χ3v) is 8.04. The Morgan fingerprint density at radius 2 is 1.90 bits per heavy atom. The number of hydrogen-bond acceptors (Lipinski definition) is 5. The third-order valence-electron chi connectivity index (χ3n) is 6.19. The number of aliphatic hydroxyl groups excluding tert-OH is 1. The van der Waals surface area contributed by atoms with E-state index >= 15 is 0 Å². The largest absolute Gasteiger partial charge is 0.495 e. The number of nitrogens with one attached hydrogen (secondary N) is 1. The molecule has 1 aliphatic carbocycles. The van der Waals surface area contributed by atoms with Gasteiger partial charge in [0.25, 0.3) is 5.91 Å². The summed E-state index contributed by atoms with van der Waals surface area (Å²) in [5.74, 6) is 0.747. The Balaban J connectivity index is 1.78. The maximum Gasteiger partial charge on any atom is 0.251 e. The molecule has 1 aromatic carbocycles. The van der Waals surface area contributed by atoms with Crippen LogP contribution in [0.15, 0.2) is 23.1 Å². The van der Waals surface area contributed by atoms with Gasteiger partial charge in [-0.15, -0.1) is 0 Å². The molecule has 3 rings (SSSR count). The lowest BCUT2D eigenvalue weighted by Crippen LogP contribution is -2.42. The van der Waals surface area contributed by atoms with Gasteiger partial charge in [-0.3, -0.25) is 4.79 Å². The molecule has 0 spiro atoms. The van der Waals surface area contributed by atoms with Crippen molar-refractivity contribution in [3.05, 3.63) is 23.8 Å². The Hall–Kier alpha value is -1.64. The lowest BCUT2D eigenvalue weighted by atomic mass is 9.87. The predicted molar refractivity (Wildman–Crippen MR) is 115 cm³/mol. The number of rotatable bonds is 6. The highest BCUT2D eigenvalue weighted by Crippen LogP contribution is 2.32. The SMILES string of the molecule is COc1ccc(C(=O)NC[C@@H]2CCC[C@H](O)C2)cc1S(=O)(=O)N1C[C@H](C)C[C@H](C)C1. The minimum atomic E-state index is -3.77. The highest BCUT2D eigenvalue weighted by molar-refractivity contribution is 7.89. The Morgan fingerprint density at radius 3 is 2.53 bits per heavy atom. The van der Waals surface area contributed by atoms with E-state index in [9.17, 15) is 18.3 Å². The van der Waals surface area contributed by atoms with Gasteiger partial charge in [0, 0.05) is 25.2 Å². The van der Waals surface area contributed by atoms with Crippen molar-refractivity contribution in [3.8, 4) is 5.75 Å². The Bertz CT molecular complexity index is 847. The van der Waals surface area contributed by atoms with Gasteiger partial charge in [0.1, 0.15) is 10.6 Å². The molecule has 168 valence electrons. The number of methoxy groups -OCH3 is 1. The zero-order valence-corrected chi connectivity index (χ0v) is 19.0. The molecule has 1 heterocycles. The first kappa shape index (κ1) is 23.0. The first-order valence-electron chi connectivity index (χ1n) is 10.8. The van der Waals surface area contributed by atoms with E-state index in [2.05, 4.69) is 19.2 Å². The van der Waals surface area contributed by atoms with Gasteiger partial charge in [0.15, 0.2) is 0 Å². The van der Waals surface area contributed by atoms with Gasteiger partial charge in [0.05, 0.1) is 13.2 Å². The molecule has 7 nitrogen and oxygen atoms in total. The molecule has 0 aromatic heterocycles. The molecular formula is C22H34N2O5S. The standard InChI is InChI=1S/C22H34N2O5S/c1-15-9-16(2)14-24(13-15)30(27,28)21-11-18(7-8-20(21)29-3)22(26)23-12-17-5-4-6-19(25)10-17/h7-8,11,15-17,19,25H,4-6,9-10,12-14H2,1-3H3,(H,23,26)/t15-,16+,17-,19+/m1/s1. The van der Waals surface area contributed by atoms with E-state index in [1.54, 1.807) is 12.1 Å². The van der Waals surface area contributed by atoms with Crippen molar-refractivity contribution in [1.29, 1.82) is 0 Å². The van der Waals surface area contributed by atoms with Crippen LogP contribution in [0.25, 0.3) is 0 Å². The van der Waals surface area contributed by atoms with E-state index in [0.717, 1.165) is 25.7 Å². The molecule has 1 saturated heterocycles. The number of hydrogen-bond donors (Lipinski definition) is 2. The molecule has 2 fully saturated rings. The Morgan fingerprint density at radius 1 is 1.20 bits per heavy atom. The van der Waals surface area contributed by atoms with Gasteiger partial charge in [-0.2, -0.15) is 4.31 Å². The smallest absolute Gasteiger partial charge is 0.251 e. The van der Waals surface area contributed by atoms with Crippen LogP contribution in [0.2, 0.25) is 0 Å². The lowest BCUT2D eigenvalue weighted by molar-refractivity contribution is 0.0873. The Labute approximate surface area is 179 Å². The fourth-order valence-electron chi connectivity index (χ4n) is 4.75. The first-order valence-corrected chi connectivity index (χ1v) is 12.3. The fourth-order valence-corrected chi connectivity index (χ4v) is 6.61. The molecule has 0 radical (unpaired) electrons. The van der Waals surface area contributed by atoms with Crippen molar-refractivity contribution in [2.24, 2.45) is 17.8 Å². The highest BCUT2D eigenvalue weighted by Gasteiger charge is 2.34. The quantitative estimate of drug-likeness (QED) is 0.712. The van der Waals surface area contributed by atoms with Gasteiger partial charge in [-0.1, -0.05) is 20.3 Å². The summed E-state index contributed by atoms with van der Waals surface area (Å²) in [5, 5.41) is 12.7. The summed E-state index contributed by atoms with van der Waals surface area (Å²) in [4.78, 5) is 12.7. The molecule has 4 atom stereocenters. The molecule has 8 heteroatoms. The molecule has 1 amide bonds. The van der Waals surface area contributed by atoms with Crippen molar-refractivity contribution >= 4 is 15.9 Å². The molecule has 1 aromatic rings. The van der Waals surface area contributed by atoms with Crippen LogP contribution in [-0.4, -0.2) is 56.6 Å². The van der Waals surface area contributed by atoms with Crippen LogP contribution in [0, 0.1) is 17.8 Å². The van der Waals surface area contributed by atoms with Gasteiger partial charge in [-0.25, -0.2) is 8.42 Å². The number of piperidine rings is 1. The topological polar surface area (TPSA) is 95.9 Å². The number of nitrogens with zero attached hydrogens (tertiary/aromatic N) is 1. The summed E-state index contributed by atoms with van der Waals surface area (Å²) in [5.41, 5.74) is 0.295. The van der Waals surface area contributed by atoms with Crippen molar-refractivity contribution < 1.29 is 23.1 Å². The summed E-state index contributed by atoms with van der Waals surface area (Å²) >= 11 is 0. The molecule has 0 bridgehead atoms. The van der Waals surface area contributed by atoms with Crippen LogP contribution < -0.4 is 10.1 Å². The number of aliphatic hydroxyl groups is 1. The van der Waals surface area contributed by atoms with E-state index in [4.69, 9.17) is 4.74 Å². The fraction of sp³-hybridized carbons (Fsp3) is 0.682. The van der Waals surface area contributed by atoms with Crippen molar-refractivity contribution in [1.82, 2.24) is 9.62 Å². The summed E-state index contributed by atoms with van der Waals surface area (Å²) in [6.45, 7) is 5.53. The molecule has 2 aliphatic rings. The van der Waals surface area contributed by atoms with E-state index in [0.29, 0.717) is 31.6 Å². The molecule has 2 N–H and O–H groups in total. The summed E-state index contributed by atoms with van der Waals surface area (Å²) in [6, 6.07) is 4.55. The summed E-state index contributed by atoms with van der Waals surface area (Å²) < 4.78 is 33.5. The number of amides is 1. The van der Waals surface area contributed by atoms with Gasteiger partial charge < -0.3 is 15.2 Å². The zero-order chi connectivity index (χ0) is 21.9. The van der Waals surface area contributed by atoms with Crippen LogP contribution in [0.3, 0.4) is 0 Å². The van der Waals surface area contributed by atoms with Gasteiger partial charge in [0.2, 0.25) is 10.0 Å². The number of ether oxygens (including phenoxy) is 1. The van der Waals surface area contributed by atoms with E-state index < -0.39 is 10.0 Å². The Kier molecular flexibility index (Phi) is 7.42. The second kappa shape index (κ2) is 9.66. The normalized spacial score (nSPS) is 28.1. The molecule has 1 aliphatic heterocycles. The summed E-state index contributed by atoms with van der Waals surface area (Å²) in [6.07, 6.45) is 4.14. The maximum absolute atomic E-state index is 13.4. The summed E-state index contributed by atoms with van der Waals surface area (Å²) in [7, 11) is -2.34. The lowest BCUT2D eigenvalue weighted by Gasteiger charge is -2.34. The molecule has 1 saturated carbocycles. The average Bonchev–Trinajstić information content (AvgIpc) is 2.71. The predicted octanol–water partition coefficient (Wildman–Crippen LogP) is 2.64. The van der Waals surface area contributed by atoms with E-state index in [1.165, 1.54) is 17.5 Å². The van der Waals surface area contributed by atoms with Crippen molar-refractivity contribution in [3.63, 3.8) is 0 Å². The number of carbonyl (C=O) groups excluding carboxylic acids is 1. The number of benzene rings is 1. The van der Waals surface area contributed by atoms with Crippen LogP contribution in [0.4, 0.5) is 0 Å². The van der Waals surface area contributed by atoms with Crippen LogP contribution in [0.5, 0.6) is 5.75 Å². The maximum atomic E-state index is 13.4. The second-order valence-corrected chi connectivity index (χ2v) is 10.9. The average molecular weight is 439 g/mol. The minimum absolute atomic E-state index is 0.0343.